The highest BCUT2D eigenvalue weighted by atomic mass is 16.5. The molecule has 17 heavy (non-hydrogen) atoms. The number of hydrogen-bond donors (Lipinski definition) is 2. The third-order valence-electron chi connectivity index (χ3n) is 3.22. The Hall–Kier alpha value is -0.650. The van der Waals surface area contributed by atoms with Crippen LogP contribution in [0.3, 0.4) is 0 Å². The van der Waals surface area contributed by atoms with Crippen LogP contribution in [0, 0.1) is 0 Å². The summed E-state index contributed by atoms with van der Waals surface area (Å²) in [4.78, 5) is 10.9. The highest BCUT2D eigenvalue weighted by Gasteiger charge is 2.21. The fraction of sp³-hybridized carbons (Fsp3) is 0.917. The minimum absolute atomic E-state index is 0.109. The summed E-state index contributed by atoms with van der Waals surface area (Å²) in [6.45, 7) is 0.721. The Balaban J connectivity index is 2.00. The second-order valence-corrected chi connectivity index (χ2v) is 4.54. The Morgan fingerprint density at radius 2 is 2.12 bits per heavy atom. The van der Waals surface area contributed by atoms with Gasteiger partial charge in [-0.15, -0.1) is 0 Å². The fourth-order valence-electron chi connectivity index (χ4n) is 2.18. The van der Waals surface area contributed by atoms with E-state index in [9.17, 15) is 4.79 Å². The van der Waals surface area contributed by atoms with E-state index in [1.165, 1.54) is 6.42 Å². The molecule has 1 aliphatic carbocycles. The summed E-state index contributed by atoms with van der Waals surface area (Å²) in [6.07, 6.45) is 7.35. The van der Waals surface area contributed by atoms with Crippen molar-refractivity contribution in [3.05, 3.63) is 0 Å². The van der Waals surface area contributed by atoms with E-state index in [1.807, 2.05) is 0 Å². The van der Waals surface area contributed by atoms with Gasteiger partial charge in [-0.2, -0.15) is 0 Å². The van der Waals surface area contributed by atoms with Crippen LogP contribution in [0.2, 0.25) is 0 Å². The monoisotopic (exact) mass is 244 g/mol. The normalized spacial score (nSPS) is 24.6. The number of hydrogen-bond acceptors (Lipinski definition) is 4. The third kappa shape index (κ3) is 6.00. The Kier molecular flexibility index (Phi) is 7.16. The van der Waals surface area contributed by atoms with E-state index in [-0.39, 0.29) is 5.91 Å². The van der Waals surface area contributed by atoms with Crippen molar-refractivity contribution in [3.8, 4) is 0 Å². The molecule has 2 atom stereocenters. The highest BCUT2D eigenvalue weighted by Crippen LogP contribution is 2.23. The van der Waals surface area contributed by atoms with Crippen molar-refractivity contribution in [2.75, 3.05) is 13.7 Å². The van der Waals surface area contributed by atoms with Crippen molar-refractivity contribution in [2.45, 2.75) is 57.2 Å². The molecule has 5 heteroatoms. The summed E-state index contributed by atoms with van der Waals surface area (Å²) < 4.78 is 11.1. The molecule has 0 aromatic carbocycles. The number of ether oxygens (including phenoxy) is 2. The number of rotatable bonds is 7. The number of nitrogens with two attached hydrogens (primary N) is 1. The minimum atomic E-state index is -0.109. The number of nitrogens with one attached hydrogen (secondary N) is 1. The highest BCUT2D eigenvalue weighted by molar-refractivity contribution is 5.74. The number of methoxy groups -OCH3 is 1. The molecular formula is C12H24N2O3. The lowest BCUT2D eigenvalue weighted by Crippen LogP contribution is -2.30. The van der Waals surface area contributed by atoms with Crippen molar-refractivity contribution in [2.24, 2.45) is 5.84 Å². The maximum absolute atomic E-state index is 10.9. The Morgan fingerprint density at radius 1 is 1.35 bits per heavy atom. The molecule has 0 saturated heterocycles. The molecule has 0 aliphatic heterocycles. The van der Waals surface area contributed by atoms with Crippen LogP contribution >= 0.6 is 0 Å². The Labute approximate surface area is 103 Å². The van der Waals surface area contributed by atoms with Gasteiger partial charge in [0.05, 0.1) is 12.2 Å². The van der Waals surface area contributed by atoms with Crippen LogP contribution in [0.25, 0.3) is 0 Å². The zero-order valence-corrected chi connectivity index (χ0v) is 10.6. The van der Waals surface area contributed by atoms with Gasteiger partial charge in [-0.05, 0) is 38.5 Å². The lowest BCUT2D eigenvalue weighted by atomic mass is 9.95. The zero-order valence-electron chi connectivity index (χ0n) is 10.6. The van der Waals surface area contributed by atoms with Gasteiger partial charge >= 0.3 is 0 Å². The Morgan fingerprint density at radius 3 is 2.82 bits per heavy atom. The molecule has 3 N–H and O–H groups in total. The molecule has 2 unspecified atom stereocenters. The summed E-state index contributed by atoms with van der Waals surface area (Å²) in [5, 5.41) is 0. The summed E-state index contributed by atoms with van der Waals surface area (Å²) in [7, 11) is 1.76. The van der Waals surface area contributed by atoms with Crippen LogP contribution in [-0.4, -0.2) is 31.8 Å². The maximum Gasteiger partial charge on any atom is 0.233 e. The molecular weight excluding hydrogens is 220 g/mol. The van der Waals surface area contributed by atoms with E-state index in [4.69, 9.17) is 15.3 Å². The first-order valence-corrected chi connectivity index (χ1v) is 6.40. The van der Waals surface area contributed by atoms with Crippen molar-refractivity contribution in [1.82, 2.24) is 5.43 Å². The molecule has 1 saturated carbocycles. The number of unbranched alkanes of at least 4 members (excludes halogenated alkanes) is 1. The van der Waals surface area contributed by atoms with Gasteiger partial charge in [-0.25, -0.2) is 5.84 Å². The molecule has 1 rings (SSSR count). The van der Waals surface area contributed by atoms with Crippen LogP contribution < -0.4 is 11.3 Å². The molecule has 1 amide bonds. The zero-order chi connectivity index (χ0) is 12.5. The van der Waals surface area contributed by atoms with Gasteiger partial charge in [0.15, 0.2) is 0 Å². The van der Waals surface area contributed by atoms with Gasteiger partial charge in [-0.1, -0.05) is 0 Å². The molecule has 0 heterocycles. The van der Waals surface area contributed by atoms with Crippen molar-refractivity contribution >= 4 is 5.91 Å². The van der Waals surface area contributed by atoms with Crippen molar-refractivity contribution in [1.29, 1.82) is 0 Å². The second kappa shape index (κ2) is 8.44. The van der Waals surface area contributed by atoms with E-state index >= 15 is 0 Å². The average Bonchev–Trinajstić information content (AvgIpc) is 2.38. The first kappa shape index (κ1) is 14.4. The summed E-state index contributed by atoms with van der Waals surface area (Å²) in [5.41, 5.74) is 2.12. The first-order valence-electron chi connectivity index (χ1n) is 6.40. The SMILES string of the molecule is COC1CCCC(OCCCCC(=O)NN)C1. The molecule has 0 aromatic rings. The lowest BCUT2D eigenvalue weighted by molar-refractivity contribution is -0.121. The van der Waals surface area contributed by atoms with Gasteiger partial charge in [0.25, 0.3) is 0 Å². The van der Waals surface area contributed by atoms with Crippen LogP contribution in [0.1, 0.15) is 44.9 Å². The molecule has 0 spiro atoms. The topological polar surface area (TPSA) is 73.6 Å². The quantitative estimate of drug-likeness (QED) is 0.305. The van der Waals surface area contributed by atoms with Gasteiger partial charge in [-0.3, -0.25) is 10.2 Å². The molecule has 0 radical (unpaired) electrons. The van der Waals surface area contributed by atoms with Gasteiger partial charge in [0.1, 0.15) is 0 Å². The van der Waals surface area contributed by atoms with E-state index in [2.05, 4.69) is 5.43 Å². The van der Waals surface area contributed by atoms with Gasteiger partial charge in [0.2, 0.25) is 5.91 Å². The molecule has 5 nitrogen and oxygen atoms in total. The molecule has 1 aliphatic rings. The lowest BCUT2D eigenvalue weighted by Gasteiger charge is -2.28. The van der Waals surface area contributed by atoms with E-state index in [0.29, 0.717) is 18.6 Å². The van der Waals surface area contributed by atoms with Gasteiger partial charge < -0.3 is 9.47 Å². The second-order valence-electron chi connectivity index (χ2n) is 4.54. The number of amides is 1. The molecule has 0 bridgehead atoms. The summed E-state index contributed by atoms with van der Waals surface area (Å²) in [5.74, 6) is 4.88. The van der Waals surface area contributed by atoms with E-state index in [1.54, 1.807) is 7.11 Å². The van der Waals surface area contributed by atoms with Crippen molar-refractivity contribution in [3.63, 3.8) is 0 Å². The smallest absolute Gasteiger partial charge is 0.233 e. The number of carbonyl (C=O) groups excluding carboxylic acids is 1. The van der Waals surface area contributed by atoms with E-state index in [0.717, 1.165) is 38.7 Å². The molecule has 0 aromatic heterocycles. The van der Waals surface area contributed by atoms with Crippen molar-refractivity contribution < 1.29 is 14.3 Å². The third-order valence-corrected chi connectivity index (χ3v) is 3.22. The minimum Gasteiger partial charge on any atom is -0.381 e. The predicted octanol–water partition coefficient (Wildman–Crippen LogP) is 1.12. The van der Waals surface area contributed by atoms with Crippen LogP contribution in [0.5, 0.6) is 0 Å². The maximum atomic E-state index is 10.9. The standard InChI is InChI=1S/C12H24N2O3/c1-16-10-5-4-6-11(9-10)17-8-3-2-7-12(15)14-13/h10-11H,2-9,13H2,1H3,(H,14,15). The summed E-state index contributed by atoms with van der Waals surface area (Å²) >= 11 is 0. The molecule has 100 valence electrons. The predicted molar refractivity (Wildman–Crippen MR) is 65.2 cm³/mol. The van der Waals surface area contributed by atoms with Crippen LogP contribution in [-0.2, 0) is 14.3 Å². The van der Waals surface area contributed by atoms with E-state index < -0.39 is 0 Å². The van der Waals surface area contributed by atoms with Crippen LogP contribution in [0.4, 0.5) is 0 Å². The first-order chi connectivity index (χ1) is 8.26. The summed E-state index contributed by atoms with van der Waals surface area (Å²) in [6, 6.07) is 0. The Bertz CT molecular complexity index is 224. The van der Waals surface area contributed by atoms with Crippen LogP contribution in [0.15, 0.2) is 0 Å². The average molecular weight is 244 g/mol. The van der Waals surface area contributed by atoms with Gasteiger partial charge in [0, 0.05) is 20.1 Å². The largest absolute Gasteiger partial charge is 0.381 e. The number of hydrazine groups is 1. The molecule has 1 fully saturated rings. The number of carbonyl (C=O) groups is 1. The fourth-order valence-corrected chi connectivity index (χ4v) is 2.18.